The van der Waals surface area contributed by atoms with E-state index in [9.17, 15) is 18.0 Å². The van der Waals surface area contributed by atoms with E-state index in [0.29, 0.717) is 19.7 Å². The van der Waals surface area contributed by atoms with Crippen LogP contribution in [-0.4, -0.2) is 41.8 Å². The molecule has 3 nitrogen and oxygen atoms in total. The summed E-state index contributed by atoms with van der Waals surface area (Å²) >= 11 is -0.130. The second-order valence-electron chi connectivity index (χ2n) is 6.07. The van der Waals surface area contributed by atoms with Gasteiger partial charge in [-0.25, -0.2) is 0 Å². The molecule has 0 radical (unpaired) electrons. The van der Waals surface area contributed by atoms with Crippen LogP contribution in [0.5, 0.6) is 5.75 Å². The Hall–Kier alpha value is -1.37. The fraction of sp³-hybridized carbons (Fsp3) is 0.588. The molecule has 0 saturated carbocycles. The molecule has 1 saturated heterocycles. The highest BCUT2D eigenvalue weighted by Gasteiger charge is 2.32. The molecule has 0 aliphatic carbocycles. The first kappa shape index (κ1) is 19.0. The summed E-state index contributed by atoms with van der Waals surface area (Å²) < 4.78 is 42.5. The van der Waals surface area contributed by atoms with Crippen molar-refractivity contribution in [2.24, 2.45) is 11.8 Å². The highest BCUT2D eigenvalue weighted by Crippen LogP contribution is 2.32. The average Bonchev–Trinajstić information content (AvgIpc) is 2.57. The van der Waals surface area contributed by atoms with Crippen LogP contribution in [-0.2, 0) is 4.79 Å². The second kappa shape index (κ2) is 8.65. The Morgan fingerprint density at radius 2 is 2.08 bits per heavy atom. The fourth-order valence-electron chi connectivity index (χ4n) is 2.73. The SMILES string of the molecule is CC(CSC(F)(F)F)C(=O)N1CCCC(COc2ccccc2)C1. The quantitative estimate of drug-likeness (QED) is 0.761. The van der Waals surface area contributed by atoms with Gasteiger partial charge < -0.3 is 9.64 Å². The smallest absolute Gasteiger partial charge is 0.441 e. The molecule has 1 aromatic rings. The van der Waals surface area contributed by atoms with Gasteiger partial charge >= 0.3 is 5.51 Å². The number of amides is 1. The van der Waals surface area contributed by atoms with E-state index in [2.05, 4.69) is 0 Å². The number of hydrogen-bond donors (Lipinski definition) is 0. The van der Waals surface area contributed by atoms with Gasteiger partial charge in [-0.3, -0.25) is 4.79 Å². The molecule has 1 aromatic carbocycles. The molecular weight excluding hydrogens is 339 g/mol. The zero-order chi connectivity index (χ0) is 17.6. The minimum absolute atomic E-state index is 0.130. The number of benzene rings is 1. The van der Waals surface area contributed by atoms with Crippen molar-refractivity contribution in [1.29, 1.82) is 0 Å². The van der Waals surface area contributed by atoms with E-state index in [0.717, 1.165) is 18.6 Å². The number of likely N-dealkylation sites (tertiary alicyclic amines) is 1. The number of nitrogens with zero attached hydrogens (tertiary/aromatic N) is 1. The van der Waals surface area contributed by atoms with E-state index in [1.54, 1.807) is 11.8 Å². The van der Waals surface area contributed by atoms with Gasteiger partial charge in [-0.05, 0) is 25.0 Å². The third-order valence-corrected chi connectivity index (χ3v) is 4.97. The van der Waals surface area contributed by atoms with Crippen molar-refractivity contribution in [2.45, 2.75) is 25.3 Å². The van der Waals surface area contributed by atoms with E-state index in [4.69, 9.17) is 4.74 Å². The molecule has 1 amide bonds. The molecule has 2 atom stereocenters. The van der Waals surface area contributed by atoms with Gasteiger partial charge in [0, 0.05) is 30.7 Å². The maximum absolute atomic E-state index is 12.3. The zero-order valence-electron chi connectivity index (χ0n) is 13.6. The van der Waals surface area contributed by atoms with Crippen LogP contribution < -0.4 is 4.74 Å². The maximum atomic E-state index is 12.3. The van der Waals surface area contributed by atoms with Crippen LogP contribution in [0.1, 0.15) is 19.8 Å². The zero-order valence-corrected chi connectivity index (χ0v) is 14.4. The number of ether oxygens (including phenoxy) is 1. The third kappa shape index (κ3) is 6.26. The van der Waals surface area contributed by atoms with Crippen LogP contribution in [0.15, 0.2) is 30.3 Å². The number of carbonyl (C=O) groups excluding carboxylic acids is 1. The first-order valence-corrected chi connectivity index (χ1v) is 9.01. The normalized spacial score (nSPS) is 19.8. The van der Waals surface area contributed by atoms with Crippen LogP contribution in [0.25, 0.3) is 0 Å². The molecular formula is C17H22F3NO2S. The lowest BCUT2D eigenvalue weighted by atomic mass is 9.98. The largest absolute Gasteiger partial charge is 0.493 e. The van der Waals surface area contributed by atoms with Crippen LogP contribution in [0.4, 0.5) is 13.2 Å². The second-order valence-corrected chi connectivity index (χ2v) is 7.16. The van der Waals surface area contributed by atoms with E-state index in [1.807, 2.05) is 30.3 Å². The lowest BCUT2D eigenvalue weighted by Gasteiger charge is -2.34. The van der Waals surface area contributed by atoms with Gasteiger partial charge in [-0.1, -0.05) is 36.9 Å². The molecule has 1 fully saturated rings. The topological polar surface area (TPSA) is 29.5 Å². The monoisotopic (exact) mass is 361 g/mol. The summed E-state index contributed by atoms with van der Waals surface area (Å²) in [5.74, 6) is -0.0628. The molecule has 24 heavy (non-hydrogen) atoms. The molecule has 1 aliphatic heterocycles. The van der Waals surface area contributed by atoms with Crippen molar-refractivity contribution >= 4 is 17.7 Å². The van der Waals surface area contributed by atoms with Crippen molar-refractivity contribution in [3.8, 4) is 5.75 Å². The number of alkyl halides is 3. The number of carbonyl (C=O) groups is 1. The van der Waals surface area contributed by atoms with E-state index >= 15 is 0 Å². The minimum atomic E-state index is -4.29. The van der Waals surface area contributed by atoms with E-state index < -0.39 is 11.4 Å². The lowest BCUT2D eigenvalue weighted by molar-refractivity contribution is -0.136. The van der Waals surface area contributed by atoms with Gasteiger partial charge in [0.15, 0.2) is 0 Å². The number of halogens is 3. The Labute approximate surface area is 144 Å². The highest BCUT2D eigenvalue weighted by molar-refractivity contribution is 8.00. The van der Waals surface area contributed by atoms with Crippen LogP contribution in [0, 0.1) is 11.8 Å². The molecule has 0 spiro atoms. The standard InChI is InChI=1S/C17H22F3NO2S/c1-13(12-24-17(18,19)20)16(22)21-9-5-6-14(10-21)11-23-15-7-3-2-4-8-15/h2-4,7-8,13-14H,5-6,9-12H2,1H3. The summed E-state index contributed by atoms with van der Waals surface area (Å²) in [5, 5.41) is 0. The Morgan fingerprint density at radius 3 is 2.75 bits per heavy atom. The number of piperidine rings is 1. The number of rotatable bonds is 6. The maximum Gasteiger partial charge on any atom is 0.441 e. The average molecular weight is 361 g/mol. The summed E-state index contributed by atoms with van der Waals surface area (Å²) in [7, 11) is 0. The van der Waals surface area contributed by atoms with Crippen molar-refractivity contribution < 1.29 is 22.7 Å². The Morgan fingerprint density at radius 1 is 1.38 bits per heavy atom. The van der Waals surface area contributed by atoms with Gasteiger partial charge in [-0.2, -0.15) is 13.2 Å². The molecule has 0 N–H and O–H groups in total. The molecule has 7 heteroatoms. The Kier molecular flexibility index (Phi) is 6.83. The van der Waals surface area contributed by atoms with Crippen molar-refractivity contribution in [1.82, 2.24) is 4.90 Å². The van der Waals surface area contributed by atoms with Gasteiger partial charge in [-0.15, -0.1) is 0 Å². The summed E-state index contributed by atoms with van der Waals surface area (Å²) in [6, 6.07) is 9.46. The number of para-hydroxylation sites is 1. The van der Waals surface area contributed by atoms with Gasteiger partial charge in [0.05, 0.1) is 6.61 Å². The first-order valence-electron chi connectivity index (χ1n) is 8.02. The fourth-order valence-corrected chi connectivity index (χ4v) is 3.32. The van der Waals surface area contributed by atoms with Crippen molar-refractivity contribution in [3.05, 3.63) is 30.3 Å². The lowest BCUT2D eigenvalue weighted by Crippen LogP contribution is -2.44. The summed E-state index contributed by atoms with van der Waals surface area (Å²) in [6.45, 7) is 3.24. The first-order chi connectivity index (χ1) is 11.3. The summed E-state index contributed by atoms with van der Waals surface area (Å²) in [4.78, 5) is 14.0. The summed E-state index contributed by atoms with van der Waals surface area (Å²) in [5.41, 5.74) is -4.29. The highest BCUT2D eigenvalue weighted by atomic mass is 32.2. The molecule has 1 heterocycles. The molecule has 2 unspecified atom stereocenters. The minimum Gasteiger partial charge on any atom is -0.493 e. The molecule has 0 bridgehead atoms. The van der Waals surface area contributed by atoms with Gasteiger partial charge in [0.1, 0.15) is 5.75 Å². The van der Waals surface area contributed by atoms with Crippen LogP contribution in [0.3, 0.4) is 0 Å². The number of thioether (sulfide) groups is 1. The van der Waals surface area contributed by atoms with Crippen LogP contribution >= 0.6 is 11.8 Å². The summed E-state index contributed by atoms with van der Waals surface area (Å²) in [6.07, 6.45) is 1.82. The Balaban J connectivity index is 1.80. The predicted molar refractivity (Wildman–Crippen MR) is 88.9 cm³/mol. The van der Waals surface area contributed by atoms with E-state index in [1.165, 1.54) is 0 Å². The van der Waals surface area contributed by atoms with E-state index in [-0.39, 0.29) is 29.3 Å². The molecule has 2 rings (SSSR count). The number of hydrogen-bond acceptors (Lipinski definition) is 3. The Bertz CT molecular complexity index is 524. The van der Waals surface area contributed by atoms with Gasteiger partial charge in [0.25, 0.3) is 0 Å². The van der Waals surface area contributed by atoms with Crippen molar-refractivity contribution in [2.75, 3.05) is 25.4 Å². The molecule has 0 aromatic heterocycles. The van der Waals surface area contributed by atoms with Gasteiger partial charge in [0.2, 0.25) is 5.91 Å². The third-order valence-electron chi connectivity index (χ3n) is 3.98. The molecule has 1 aliphatic rings. The molecule has 134 valence electrons. The predicted octanol–water partition coefficient (Wildman–Crippen LogP) is 4.19. The van der Waals surface area contributed by atoms with Crippen molar-refractivity contribution in [3.63, 3.8) is 0 Å². The van der Waals surface area contributed by atoms with Crippen LogP contribution in [0.2, 0.25) is 0 Å².